The third kappa shape index (κ3) is 6.06. The van der Waals surface area contributed by atoms with E-state index in [4.69, 9.17) is 20.3 Å². The number of pyridine rings is 1. The Morgan fingerprint density at radius 1 is 1.40 bits per heavy atom. The fourth-order valence-corrected chi connectivity index (χ4v) is 3.39. The van der Waals surface area contributed by atoms with Crippen molar-refractivity contribution in [2.24, 2.45) is 4.99 Å². The van der Waals surface area contributed by atoms with Gasteiger partial charge in [0.2, 0.25) is 11.8 Å². The first kappa shape index (κ1) is 21.8. The molecule has 0 amide bonds. The first-order chi connectivity index (χ1) is 14.4. The average molecular weight is 431 g/mol. The molecule has 1 fully saturated rings. The second kappa shape index (κ2) is 9.75. The Bertz CT molecular complexity index is 883. The Morgan fingerprint density at radius 3 is 2.87 bits per heavy atom. The van der Waals surface area contributed by atoms with Crippen LogP contribution in [0.25, 0.3) is 0 Å². The lowest BCUT2D eigenvalue weighted by atomic mass is 10.2. The highest BCUT2D eigenvalue weighted by Gasteiger charge is 2.43. The summed E-state index contributed by atoms with van der Waals surface area (Å²) in [7, 11) is 0. The van der Waals surface area contributed by atoms with E-state index in [9.17, 15) is 4.79 Å². The number of thioether (sulfide) groups is 1. The topological polar surface area (TPSA) is 133 Å². The number of rotatable bonds is 7. The number of guanidine groups is 1. The third-order valence-electron chi connectivity index (χ3n) is 4.37. The van der Waals surface area contributed by atoms with Crippen LogP contribution < -0.4 is 10.6 Å². The first-order valence-electron chi connectivity index (χ1n) is 9.73. The molecular weight excluding hydrogens is 404 g/mol. The van der Waals surface area contributed by atoms with Crippen LogP contribution in [0.3, 0.4) is 0 Å². The van der Waals surface area contributed by atoms with Crippen molar-refractivity contribution in [3.63, 3.8) is 0 Å². The van der Waals surface area contributed by atoms with Crippen LogP contribution in [0.4, 0.5) is 0 Å². The maximum Gasteiger partial charge on any atom is 0.332 e. The van der Waals surface area contributed by atoms with Gasteiger partial charge in [-0.15, -0.1) is 0 Å². The molecule has 1 unspecified atom stereocenters. The lowest BCUT2D eigenvalue weighted by Crippen LogP contribution is -2.49. The van der Waals surface area contributed by atoms with E-state index in [1.54, 1.807) is 19.9 Å². The van der Waals surface area contributed by atoms with Crippen molar-refractivity contribution in [2.75, 3.05) is 13.2 Å². The molecule has 3 rings (SSSR count). The zero-order chi connectivity index (χ0) is 21.7. The van der Waals surface area contributed by atoms with Crippen LogP contribution in [-0.4, -0.2) is 52.3 Å². The van der Waals surface area contributed by atoms with Crippen molar-refractivity contribution >= 4 is 33.8 Å². The van der Waals surface area contributed by atoms with E-state index in [-0.39, 0.29) is 30.2 Å². The van der Waals surface area contributed by atoms with Crippen LogP contribution in [0.5, 0.6) is 0 Å². The number of aromatic nitrogens is 1. The largest absolute Gasteiger partial charge is 0.474 e. The first-order valence-corrected chi connectivity index (χ1v) is 10.5. The van der Waals surface area contributed by atoms with E-state index in [0.29, 0.717) is 16.9 Å². The molecule has 10 heteroatoms. The molecule has 30 heavy (non-hydrogen) atoms. The fraction of sp³-hybridized carbons (Fsp3) is 0.450. The van der Waals surface area contributed by atoms with E-state index in [0.717, 1.165) is 29.4 Å². The highest BCUT2D eigenvalue weighted by Crippen LogP contribution is 2.43. The van der Waals surface area contributed by atoms with Crippen LogP contribution >= 0.6 is 11.8 Å². The highest BCUT2D eigenvalue weighted by molar-refractivity contribution is 8.26. The predicted octanol–water partition coefficient (Wildman–Crippen LogP) is 2.29. The van der Waals surface area contributed by atoms with Gasteiger partial charge in [0.1, 0.15) is 6.10 Å². The molecule has 0 aromatic carbocycles. The predicted molar refractivity (Wildman–Crippen MR) is 117 cm³/mol. The number of esters is 1. The van der Waals surface area contributed by atoms with Gasteiger partial charge in [0, 0.05) is 23.9 Å². The van der Waals surface area contributed by atoms with Crippen molar-refractivity contribution < 1.29 is 14.3 Å². The highest BCUT2D eigenvalue weighted by atomic mass is 32.2. The van der Waals surface area contributed by atoms with Crippen LogP contribution in [0, 0.1) is 17.7 Å². The zero-order valence-electron chi connectivity index (χ0n) is 17.2. The molecule has 0 spiro atoms. The van der Waals surface area contributed by atoms with Gasteiger partial charge in [-0.25, -0.2) is 4.79 Å². The molecule has 2 aliphatic rings. The number of ether oxygens (including phenoxy) is 2. The lowest BCUT2D eigenvalue weighted by molar-refractivity contribution is -0.144. The van der Waals surface area contributed by atoms with Crippen molar-refractivity contribution in [3.8, 4) is 0 Å². The Balaban J connectivity index is 1.65. The molecular formula is C20H26N6O3S. The lowest BCUT2D eigenvalue weighted by Gasteiger charge is -2.23. The molecule has 3 atom stereocenters. The van der Waals surface area contributed by atoms with Gasteiger partial charge in [0.15, 0.2) is 6.04 Å². The molecule has 0 bridgehead atoms. The second-order valence-electron chi connectivity index (χ2n) is 7.03. The van der Waals surface area contributed by atoms with Gasteiger partial charge >= 0.3 is 5.97 Å². The zero-order valence-corrected chi connectivity index (χ0v) is 18.0. The average Bonchev–Trinajstić information content (AvgIpc) is 3.45. The molecule has 2 heterocycles. The number of aryl methyl sites for hydroxylation is 1. The van der Waals surface area contributed by atoms with Crippen LogP contribution in [0.1, 0.15) is 37.4 Å². The van der Waals surface area contributed by atoms with Gasteiger partial charge in [-0.05, 0) is 38.8 Å². The molecule has 1 aliphatic carbocycles. The molecule has 1 aromatic heterocycles. The van der Waals surface area contributed by atoms with Gasteiger partial charge < -0.3 is 20.1 Å². The van der Waals surface area contributed by atoms with Crippen LogP contribution in [0.15, 0.2) is 35.3 Å². The Kier molecular flexibility index (Phi) is 7.09. The minimum Gasteiger partial charge on any atom is -0.474 e. The smallest absolute Gasteiger partial charge is 0.332 e. The Hall–Kier alpha value is -2.88. The number of nitrogens with zero attached hydrogens (tertiary/aromatic N) is 2. The van der Waals surface area contributed by atoms with E-state index in [1.807, 2.05) is 25.3 Å². The number of hydrogen-bond acceptors (Lipinski definition) is 10. The molecule has 9 nitrogen and oxygen atoms in total. The summed E-state index contributed by atoms with van der Waals surface area (Å²) < 4.78 is 11.1. The van der Waals surface area contributed by atoms with Crippen molar-refractivity contribution in [2.45, 2.75) is 45.3 Å². The van der Waals surface area contributed by atoms with Gasteiger partial charge in [0.25, 0.3) is 0 Å². The molecule has 1 aromatic rings. The SMILES string of the molecule is CCOC(=O)C1C=C(O[C@H]2C[C@@H]2c2ccc(C)cn2)N=C(NCC(=N)SC(C)=N)N1. The molecule has 0 radical (unpaired) electrons. The number of carbonyl (C=O) groups is 1. The van der Waals surface area contributed by atoms with Crippen molar-refractivity contribution in [1.82, 2.24) is 15.6 Å². The number of hydrogen-bond donors (Lipinski definition) is 4. The maximum atomic E-state index is 12.2. The molecule has 1 aliphatic heterocycles. The number of aliphatic imine (C=N–C) groups is 1. The van der Waals surface area contributed by atoms with E-state index in [1.165, 1.54) is 0 Å². The van der Waals surface area contributed by atoms with Crippen LogP contribution in [-0.2, 0) is 14.3 Å². The molecule has 4 N–H and O–H groups in total. The summed E-state index contributed by atoms with van der Waals surface area (Å²) >= 11 is 1.06. The summed E-state index contributed by atoms with van der Waals surface area (Å²) in [5.74, 6) is 0.426. The van der Waals surface area contributed by atoms with E-state index < -0.39 is 12.0 Å². The monoisotopic (exact) mass is 430 g/mol. The van der Waals surface area contributed by atoms with Gasteiger partial charge in [-0.3, -0.25) is 15.8 Å². The minimum absolute atomic E-state index is 0.0492. The van der Waals surface area contributed by atoms with E-state index in [2.05, 4.69) is 20.6 Å². The molecule has 1 saturated carbocycles. The second-order valence-corrected chi connectivity index (χ2v) is 8.34. The summed E-state index contributed by atoms with van der Waals surface area (Å²) in [4.78, 5) is 21.1. The van der Waals surface area contributed by atoms with Gasteiger partial charge in [0.05, 0.1) is 23.2 Å². The summed E-state index contributed by atoms with van der Waals surface area (Å²) in [6, 6.07) is 3.30. The normalized spacial score (nSPS) is 22.2. The fourth-order valence-electron chi connectivity index (χ4n) is 2.88. The molecule has 0 saturated heterocycles. The van der Waals surface area contributed by atoms with Crippen LogP contribution in [0.2, 0.25) is 0 Å². The summed E-state index contributed by atoms with van der Waals surface area (Å²) in [6.45, 7) is 5.81. The van der Waals surface area contributed by atoms with Crippen molar-refractivity contribution in [1.29, 1.82) is 10.8 Å². The van der Waals surface area contributed by atoms with Gasteiger partial charge in [-0.2, -0.15) is 4.99 Å². The third-order valence-corrected chi connectivity index (χ3v) is 5.07. The van der Waals surface area contributed by atoms with E-state index >= 15 is 0 Å². The summed E-state index contributed by atoms with van der Waals surface area (Å²) in [5.41, 5.74) is 2.09. The Labute approximate surface area is 179 Å². The maximum absolute atomic E-state index is 12.2. The quantitative estimate of drug-likeness (QED) is 0.296. The number of carbonyl (C=O) groups excluding carboxylic acids is 1. The molecule has 160 valence electrons. The Morgan fingerprint density at radius 2 is 2.20 bits per heavy atom. The summed E-state index contributed by atoms with van der Waals surface area (Å²) in [5, 5.41) is 21.9. The summed E-state index contributed by atoms with van der Waals surface area (Å²) in [6.07, 6.45) is 4.23. The minimum atomic E-state index is -0.735. The van der Waals surface area contributed by atoms with Crippen molar-refractivity contribution in [3.05, 3.63) is 41.5 Å². The number of nitrogens with one attached hydrogen (secondary N) is 4. The van der Waals surface area contributed by atoms with Gasteiger partial charge in [-0.1, -0.05) is 17.8 Å². The standard InChI is InChI=1S/C20H26N6O3S/c1-4-28-19(27)15-8-18(26-20(25-15)24-10-17(22)30-12(3)21)29-16-7-13(16)14-6-5-11(2)9-23-14/h5-6,8-9,13,15-16,21-22H,4,7,10H2,1-3H3,(H2,24,25,26)/t13-,15?,16+/m1/s1.